The predicted octanol–water partition coefficient (Wildman–Crippen LogP) is 7.68. The van der Waals surface area contributed by atoms with Crippen molar-refractivity contribution in [3.05, 3.63) is 0 Å². The molecule has 150 valence electrons. The molecule has 0 bridgehead atoms. The van der Waals surface area contributed by atoms with Gasteiger partial charge in [-0.2, -0.15) is 0 Å². The van der Waals surface area contributed by atoms with Gasteiger partial charge in [0.05, 0.1) is 0 Å². The average Bonchev–Trinajstić information content (AvgIpc) is 2.63. The van der Waals surface area contributed by atoms with Crippen molar-refractivity contribution in [1.82, 2.24) is 0 Å². The first kappa shape index (κ1) is 26.6. The van der Waals surface area contributed by atoms with Crippen LogP contribution in [0.25, 0.3) is 0 Å². The molecule has 1 atom stereocenters. The van der Waals surface area contributed by atoms with Crippen LogP contribution in [-0.4, -0.2) is 12.6 Å². The Hall–Kier alpha value is -0.660. The lowest BCUT2D eigenvalue weighted by Gasteiger charge is -2.02. The zero-order valence-electron chi connectivity index (χ0n) is 17.6. The number of aldehydes is 2. The Balaban J connectivity index is 0. The van der Waals surface area contributed by atoms with Gasteiger partial charge in [-0.1, -0.05) is 111 Å². The minimum Gasteiger partial charge on any atom is -0.303 e. The summed E-state index contributed by atoms with van der Waals surface area (Å²) in [4.78, 5) is 20.3. The molecule has 0 rings (SSSR count). The molecule has 0 aliphatic carbocycles. The van der Waals surface area contributed by atoms with Crippen LogP contribution in [0, 0.1) is 5.92 Å². The van der Waals surface area contributed by atoms with Gasteiger partial charge in [-0.05, 0) is 12.8 Å². The largest absolute Gasteiger partial charge is 0.303 e. The van der Waals surface area contributed by atoms with E-state index in [1.54, 1.807) is 0 Å². The summed E-state index contributed by atoms with van der Waals surface area (Å²) < 4.78 is 0. The molecule has 0 saturated heterocycles. The summed E-state index contributed by atoms with van der Waals surface area (Å²) in [6, 6.07) is 0. The molecular formula is C23H46O2. The monoisotopic (exact) mass is 354 g/mol. The van der Waals surface area contributed by atoms with E-state index in [0.717, 1.165) is 31.8 Å². The fourth-order valence-electron chi connectivity index (χ4n) is 2.85. The van der Waals surface area contributed by atoms with E-state index in [1.807, 2.05) is 6.92 Å². The normalized spacial score (nSPS) is 11.5. The van der Waals surface area contributed by atoms with Crippen molar-refractivity contribution in [1.29, 1.82) is 0 Å². The maximum absolute atomic E-state index is 10.3. The highest BCUT2D eigenvalue weighted by atomic mass is 16.1. The van der Waals surface area contributed by atoms with Crippen molar-refractivity contribution in [2.75, 3.05) is 0 Å². The van der Waals surface area contributed by atoms with Gasteiger partial charge in [0.15, 0.2) is 0 Å². The molecular weight excluding hydrogens is 308 g/mol. The van der Waals surface area contributed by atoms with Crippen molar-refractivity contribution >= 4 is 12.6 Å². The zero-order valence-corrected chi connectivity index (χ0v) is 17.6. The molecule has 0 aliphatic heterocycles. The Morgan fingerprint density at radius 1 is 0.600 bits per heavy atom. The zero-order chi connectivity index (χ0) is 19.0. The molecule has 0 aromatic carbocycles. The van der Waals surface area contributed by atoms with E-state index in [4.69, 9.17) is 0 Å². The summed E-state index contributed by atoms with van der Waals surface area (Å²) in [5.74, 6) is 0.274. The molecule has 0 spiro atoms. The van der Waals surface area contributed by atoms with E-state index in [9.17, 15) is 9.59 Å². The first-order chi connectivity index (χ1) is 12.2. The quantitative estimate of drug-likeness (QED) is 0.187. The van der Waals surface area contributed by atoms with Crippen LogP contribution in [0.15, 0.2) is 0 Å². The Labute approximate surface area is 158 Å². The molecule has 2 heteroatoms. The second-order valence-corrected chi connectivity index (χ2v) is 7.45. The third-order valence-corrected chi connectivity index (χ3v) is 4.67. The number of carbonyl (C=O) groups is 2. The summed E-state index contributed by atoms with van der Waals surface area (Å²) in [6.07, 6.45) is 23.8. The summed E-state index contributed by atoms with van der Waals surface area (Å²) >= 11 is 0. The van der Waals surface area contributed by atoms with Crippen molar-refractivity contribution in [2.24, 2.45) is 5.92 Å². The van der Waals surface area contributed by atoms with Crippen LogP contribution in [0.3, 0.4) is 0 Å². The van der Waals surface area contributed by atoms with Gasteiger partial charge >= 0.3 is 0 Å². The highest BCUT2D eigenvalue weighted by Crippen LogP contribution is 2.11. The molecule has 2 nitrogen and oxygen atoms in total. The van der Waals surface area contributed by atoms with Crippen LogP contribution in [0.5, 0.6) is 0 Å². The highest BCUT2D eigenvalue weighted by Gasteiger charge is 1.98. The molecule has 0 saturated carbocycles. The van der Waals surface area contributed by atoms with Gasteiger partial charge in [0.2, 0.25) is 0 Å². The molecule has 0 aromatic rings. The number of carbonyl (C=O) groups excluding carboxylic acids is 2. The molecule has 0 radical (unpaired) electrons. The van der Waals surface area contributed by atoms with Gasteiger partial charge in [0, 0.05) is 12.3 Å². The number of hydrogen-bond acceptors (Lipinski definition) is 2. The molecule has 0 N–H and O–H groups in total. The maximum Gasteiger partial charge on any atom is 0.122 e. The Kier molecular flexibility index (Phi) is 27.2. The van der Waals surface area contributed by atoms with Gasteiger partial charge in [-0.25, -0.2) is 0 Å². The van der Waals surface area contributed by atoms with E-state index in [1.165, 1.54) is 89.9 Å². The van der Waals surface area contributed by atoms with Crippen molar-refractivity contribution in [2.45, 2.75) is 130 Å². The molecule has 1 unspecified atom stereocenters. The van der Waals surface area contributed by atoms with E-state index in [0.29, 0.717) is 0 Å². The second-order valence-electron chi connectivity index (χ2n) is 7.45. The van der Waals surface area contributed by atoms with Gasteiger partial charge in [-0.3, -0.25) is 0 Å². The maximum atomic E-state index is 10.3. The number of rotatable bonds is 18. The third kappa shape index (κ3) is 28.4. The predicted molar refractivity (Wildman–Crippen MR) is 111 cm³/mol. The number of hydrogen-bond donors (Lipinski definition) is 0. The van der Waals surface area contributed by atoms with Gasteiger partial charge < -0.3 is 9.59 Å². The molecule has 0 aliphatic rings. The molecule has 0 amide bonds. The van der Waals surface area contributed by atoms with Crippen LogP contribution < -0.4 is 0 Å². The second kappa shape index (κ2) is 25.6. The SMILES string of the molecule is CCCCCCCCCC(C)C=O.CCCCCCCCCCC=O. The van der Waals surface area contributed by atoms with Crippen LogP contribution in [0.1, 0.15) is 130 Å². The smallest absolute Gasteiger partial charge is 0.122 e. The Bertz CT molecular complexity index is 250. The van der Waals surface area contributed by atoms with Gasteiger partial charge in [-0.15, -0.1) is 0 Å². The van der Waals surface area contributed by atoms with Crippen LogP contribution in [0.2, 0.25) is 0 Å². The Morgan fingerprint density at radius 2 is 1.00 bits per heavy atom. The van der Waals surface area contributed by atoms with Crippen molar-refractivity contribution in [3.63, 3.8) is 0 Å². The number of unbranched alkanes of at least 4 members (excludes halogenated alkanes) is 14. The Morgan fingerprint density at radius 3 is 1.40 bits per heavy atom. The minimum absolute atomic E-state index is 0.274. The first-order valence-electron chi connectivity index (χ1n) is 11.1. The lowest BCUT2D eigenvalue weighted by Crippen LogP contribution is -1.94. The van der Waals surface area contributed by atoms with Crippen molar-refractivity contribution < 1.29 is 9.59 Å². The highest BCUT2D eigenvalue weighted by molar-refractivity contribution is 5.52. The topological polar surface area (TPSA) is 34.1 Å². The average molecular weight is 355 g/mol. The standard InChI is InChI=1S/C12H24O.C11H22O/c1-3-4-5-6-7-8-9-10-12(2)11-13;1-2-3-4-5-6-7-8-9-10-11-12/h11-12H,3-10H2,1-2H3;11H,2-10H2,1H3. The van der Waals surface area contributed by atoms with Crippen LogP contribution in [0.4, 0.5) is 0 Å². The van der Waals surface area contributed by atoms with E-state index in [2.05, 4.69) is 13.8 Å². The van der Waals surface area contributed by atoms with Gasteiger partial charge in [0.1, 0.15) is 12.6 Å². The summed E-state index contributed by atoms with van der Waals surface area (Å²) in [5.41, 5.74) is 0. The fourth-order valence-corrected chi connectivity index (χ4v) is 2.85. The van der Waals surface area contributed by atoms with Crippen LogP contribution >= 0.6 is 0 Å². The van der Waals surface area contributed by atoms with E-state index < -0.39 is 0 Å². The van der Waals surface area contributed by atoms with Crippen molar-refractivity contribution in [3.8, 4) is 0 Å². The molecule has 0 aromatic heterocycles. The van der Waals surface area contributed by atoms with Crippen LogP contribution in [-0.2, 0) is 9.59 Å². The minimum atomic E-state index is 0.274. The lowest BCUT2D eigenvalue weighted by atomic mass is 10.0. The fraction of sp³-hybridized carbons (Fsp3) is 0.913. The first-order valence-corrected chi connectivity index (χ1v) is 11.1. The molecule has 0 fully saturated rings. The molecule has 0 heterocycles. The lowest BCUT2D eigenvalue weighted by molar-refractivity contribution is -0.111. The summed E-state index contributed by atoms with van der Waals surface area (Å²) in [5, 5.41) is 0. The van der Waals surface area contributed by atoms with E-state index >= 15 is 0 Å². The third-order valence-electron chi connectivity index (χ3n) is 4.67. The van der Waals surface area contributed by atoms with Gasteiger partial charge in [0.25, 0.3) is 0 Å². The molecule has 25 heavy (non-hydrogen) atoms. The summed E-state index contributed by atoms with van der Waals surface area (Å²) in [7, 11) is 0. The summed E-state index contributed by atoms with van der Waals surface area (Å²) in [6.45, 7) is 6.49. The van der Waals surface area contributed by atoms with E-state index in [-0.39, 0.29) is 5.92 Å².